The lowest BCUT2D eigenvalue weighted by molar-refractivity contribution is -0.149. The first kappa shape index (κ1) is 24.1. The quantitative estimate of drug-likeness (QED) is 0.605. The molecule has 3 N–H and O–H groups in total. The van der Waals surface area contributed by atoms with Crippen LogP contribution in [0.1, 0.15) is 49.9 Å². The molecule has 3 aliphatic heterocycles. The number of fused-ring (bicyclic) bond motifs is 2. The molecular formula is C25H30ClN3O6. The fourth-order valence-corrected chi connectivity index (χ4v) is 6.24. The van der Waals surface area contributed by atoms with Gasteiger partial charge in [0.15, 0.2) is 11.9 Å². The Balaban J connectivity index is 1.49. The van der Waals surface area contributed by atoms with E-state index in [9.17, 15) is 19.2 Å². The number of primary amides is 1. The molecule has 5 atom stereocenters. The molecule has 1 aromatic carbocycles. The maximum atomic E-state index is 14.1. The zero-order valence-corrected chi connectivity index (χ0v) is 20.5. The molecule has 0 radical (unpaired) electrons. The Morgan fingerprint density at radius 2 is 1.94 bits per heavy atom. The van der Waals surface area contributed by atoms with E-state index in [1.54, 1.807) is 6.07 Å². The number of anilines is 1. The van der Waals surface area contributed by atoms with E-state index in [4.69, 9.17) is 26.8 Å². The molecule has 188 valence electrons. The molecule has 5 rings (SSSR count). The molecule has 4 aliphatic rings. The zero-order valence-electron chi connectivity index (χ0n) is 19.8. The predicted octanol–water partition coefficient (Wildman–Crippen LogP) is 2.10. The monoisotopic (exact) mass is 503 g/mol. The number of nitrogens with zero attached hydrogens (tertiary/aromatic N) is 1. The van der Waals surface area contributed by atoms with Gasteiger partial charge in [-0.05, 0) is 55.2 Å². The Bertz CT molecular complexity index is 1080. The van der Waals surface area contributed by atoms with Crippen molar-refractivity contribution < 1.29 is 28.7 Å². The summed E-state index contributed by atoms with van der Waals surface area (Å²) in [6.07, 6.45) is 1.66. The topological polar surface area (TPSA) is 128 Å². The number of ketones is 1. The van der Waals surface area contributed by atoms with Gasteiger partial charge in [-0.25, -0.2) is 0 Å². The number of amides is 3. The summed E-state index contributed by atoms with van der Waals surface area (Å²) < 4.78 is 11.7. The smallest absolute Gasteiger partial charge is 0.266 e. The van der Waals surface area contributed by atoms with Gasteiger partial charge in [0.05, 0.1) is 17.0 Å². The largest absolute Gasteiger partial charge is 0.478 e. The Hall–Kier alpha value is -2.65. The maximum Gasteiger partial charge on any atom is 0.266 e. The SMILES string of the molecule is CC1(C)CCC([C@H](C(=O)N2C[C@H](Cl)[C@H]3OCC(=O)[C@H]32)C2Oc3cc(C(N)=O)ccc3NC2=O)CC1. The Morgan fingerprint density at radius 1 is 1.23 bits per heavy atom. The molecule has 1 unspecified atom stereocenters. The molecule has 0 spiro atoms. The molecule has 0 bridgehead atoms. The van der Waals surface area contributed by atoms with Crippen LogP contribution in [0.2, 0.25) is 0 Å². The third kappa shape index (κ3) is 4.29. The predicted molar refractivity (Wildman–Crippen MR) is 127 cm³/mol. The minimum Gasteiger partial charge on any atom is -0.478 e. The van der Waals surface area contributed by atoms with E-state index in [1.165, 1.54) is 17.0 Å². The summed E-state index contributed by atoms with van der Waals surface area (Å²) in [5, 5.41) is 2.32. The van der Waals surface area contributed by atoms with E-state index >= 15 is 0 Å². The lowest BCUT2D eigenvalue weighted by atomic mass is 9.68. The molecule has 3 heterocycles. The lowest BCUT2D eigenvalue weighted by Gasteiger charge is -2.42. The minimum absolute atomic E-state index is 0.0751. The number of halogens is 1. The summed E-state index contributed by atoms with van der Waals surface area (Å²) in [4.78, 5) is 53.1. The third-order valence-corrected chi connectivity index (χ3v) is 8.33. The highest BCUT2D eigenvalue weighted by Crippen LogP contribution is 2.45. The number of ether oxygens (including phenoxy) is 2. The van der Waals surface area contributed by atoms with Gasteiger partial charge in [-0.1, -0.05) is 13.8 Å². The molecule has 0 aromatic heterocycles. The first-order chi connectivity index (χ1) is 16.6. The summed E-state index contributed by atoms with van der Waals surface area (Å²) in [6, 6.07) is 3.80. The number of carbonyl (C=O) groups is 4. The standard InChI is InChI=1S/C25H30ClN3O6/c1-25(2)7-5-12(6-8-25)18(24(33)29-10-14(26)20-19(29)16(30)11-34-20)21-23(32)28-15-4-3-13(22(27)31)9-17(15)35-21/h3-4,9,12,14,18-21H,5-8,10-11H2,1-2H3,(H2,27,31)(H,28,32)/t14-,18-,19+,20+,21?/m0/s1. The molecule has 2 saturated heterocycles. The Kier molecular flexibility index (Phi) is 6.04. The number of likely N-dealkylation sites (tertiary alicyclic amines) is 1. The van der Waals surface area contributed by atoms with Crippen molar-refractivity contribution in [3.8, 4) is 5.75 Å². The number of carbonyl (C=O) groups excluding carboxylic acids is 4. The van der Waals surface area contributed by atoms with E-state index in [2.05, 4.69) is 19.2 Å². The van der Waals surface area contributed by atoms with Gasteiger partial charge in [0, 0.05) is 12.1 Å². The van der Waals surface area contributed by atoms with Crippen LogP contribution in [0.3, 0.4) is 0 Å². The Labute approximate surface area is 208 Å². The van der Waals surface area contributed by atoms with Gasteiger partial charge >= 0.3 is 0 Å². The summed E-state index contributed by atoms with van der Waals surface area (Å²) in [6.45, 7) is 4.49. The Morgan fingerprint density at radius 3 is 2.63 bits per heavy atom. The highest BCUT2D eigenvalue weighted by Gasteiger charge is 2.55. The molecule has 10 heteroatoms. The summed E-state index contributed by atoms with van der Waals surface area (Å²) in [5.41, 5.74) is 6.22. The van der Waals surface area contributed by atoms with E-state index in [1.807, 2.05) is 0 Å². The second-order valence-corrected chi connectivity index (χ2v) is 11.4. The fraction of sp³-hybridized carbons (Fsp3) is 0.600. The first-order valence-electron chi connectivity index (χ1n) is 12.1. The van der Waals surface area contributed by atoms with Gasteiger partial charge < -0.3 is 25.4 Å². The molecule has 1 aliphatic carbocycles. The average Bonchev–Trinajstić information content (AvgIpc) is 3.35. The maximum absolute atomic E-state index is 14.1. The number of nitrogens with one attached hydrogen (secondary N) is 1. The molecule has 1 saturated carbocycles. The van der Waals surface area contributed by atoms with Crippen molar-refractivity contribution in [2.24, 2.45) is 23.0 Å². The molecule has 1 aromatic rings. The van der Waals surface area contributed by atoms with Crippen molar-refractivity contribution in [2.75, 3.05) is 18.5 Å². The molecule has 35 heavy (non-hydrogen) atoms. The van der Waals surface area contributed by atoms with Crippen molar-refractivity contribution in [3.05, 3.63) is 23.8 Å². The zero-order chi connectivity index (χ0) is 25.1. The van der Waals surface area contributed by atoms with Crippen LogP contribution in [-0.2, 0) is 19.1 Å². The lowest BCUT2D eigenvalue weighted by Crippen LogP contribution is -2.55. The van der Waals surface area contributed by atoms with Crippen molar-refractivity contribution in [1.29, 1.82) is 0 Å². The van der Waals surface area contributed by atoms with Crippen LogP contribution in [0.4, 0.5) is 5.69 Å². The molecule has 3 amide bonds. The normalized spacial score (nSPS) is 30.8. The number of hydrogen-bond acceptors (Lipinski definition) is 6. The van der Waals surface area contributed by atoms with Crippen LogP contribution in [-0.4, -0.2) is 65.2 Å². The van der Waals surface area contributed by atoms with E-state index < -0.39 is 41.4 Å². The second-order valence-electron chi connectivity index (χ2n) is 10.8. The molecular weight excluding hydrogens is 474 g/mol. The van der Waals surface area contributed by atoms with Crippen molar-refractivity contribution in [3.63, 3.8) is 0 Å². The van der Waals surface area contributed by atoms with Gasteiger partial charge in [-0.2, -0.15) is 0 Å². The first-order valence-corrected chi connectivity index (χ1v) is 12.5. The van der Waals surface area contributed by atoms with Crippen LogP contribution in [0.25, 0.3) is 0 Å². The second kappa shape index (κ2) is 8.78. The fourth-order valence-electron chi connectivity index (χ4n) is 5.88. The van der Waals surface area contributed by atoms with Crippen LogP contribution in [0.5, 0.6) is 5.75 Å². The number of rotatable bonds is 4. The van der Waals surface area contributed by atoms with Crippen LogP contribution in [0, 0.1) is 17.3 Å². The summed E-state index contributed by atoms with van der Waals surface area (Å²) in [5.74, 6) is -2.19. The van der Waals surface area contributed by atoms with Gasteiger partial charge in [0.2, 0.25) is 11.8 Å². The summed E-state index contributed by atoms with van der Waals surface area (Å²) in [7, 11) is 0. The molecule has 3 fully saturated rings. The number of nitrogens with two attached hydrogens (primary N) is 1. The van der Waals surface area contributed by atoms with Crippen molar-refractivity contribution in [2.45, 2.75) is 63.2 Å². The van der Waals surface area contributed by atoms with Gasteiger partial charge in [0.25, 0.3) is 5.91 Å². The van der Waals surface area contributed by atoms with Crippen LogP contribution < -0.4 is 15.8 Å². The van der Waals surface area contributed by atoms with E-state index in [0.717, 1.165) is 25.7 Å². The number of Topliss-reactive ketones (excluding diaryl/α,β-unsaturated/α-hetero) is 1. The van der Waals surface area contributed by atoms with Crippen molar-refractivity contribution in [1.82, 2.24) is 4.90 Å². The number of benzene rings is 1. The van der Waals surface area contributed by atoms with Gasteiger partial charge in [0.1, 0.15) is 24.5 Å². The third-order valence-electron chi connectivity index (χ3n) is 7.94. The van der Waals surface area contributed by atoms with Gasteiger partial charge in [-0.15, -0.1) is 11.6 Å². The molecule has 9 nitrogen and oxygen atoms in total. The highest BCUT2D eigenvalue weighted by atomic mass is 35.5. The van der Waals surface area contributed by atoms with Crippen LogP contribution in [0.15, 0.2) is 18.2 Å². The number of hydrogen-bond donors (Lipinski definition) is 2. The van der Waals surface area contributed by atoms with Gasteiger partial charge in [-0.3, -0.25) is 19.2 Å². The summed E-state index contributed by atoms with van der Waals surface area (Å²) >= 11 is 6.45. The number of alkyl halides is 1. The van der Waals surface area contributed by atoms with E-state index in [0.29, 0.717) is 5.69 Å². The minimum atomic E-state index is -1.12. The van der Waals surface area contributed by atoms with Crippen molar-refractivity contribution >= 4 is 40.8 Å². The highest BCUT2D eigenvalue weighted by molar-refractivity contribution is 6.22. The van der Waals surface area contributed by atoms with E-state index in [-0.39, 0.29) is 47.5 Å². The van der Waals surface area contributed by atoms with Crippen LogP contribution >= 0.6 is 11.6 Å². The average molecular weight is 504 g/mol.